The van der Waals surface area contributed by atoms with Crippen LogP contribution in [-0.4, -0.2) is 24.1 Å². The van der Waals surface area contributed by atoms with Crippen molar-refractivity contribution in [3.63, 3.8) is 0 Å². The topological polar surface area (TPSA) is 52.6 Å². The van der Waals surface area contributed by atoms with Crippen LogP contribution in [-0.2, 0) is 11.4 Å². The van der Waals surface area contributed by atoms with E-state index in [4.69, 9.17) is 0 Å². The minimum Gasteiger partial charge on any atom is -0.392 e. The Morgan fingerprint density at radius 3 is 3.00 bits per heavy atom. The van der Waals surface area contributed by atoms with Crippen LogP contribution in [0.2, 0.25) is 0 Å². The maximum Gasteiger partial charge on any atom is 0.243 e. The summed E-state index contributed by atoms with van der Waals surface area (Å²) in [5.41, 5.74) is 2.59. The first kappa shape index (κ1) is 9.98. The first-order valence-corrected chi connectivity index (χ1v) is 5.03. The third-order valence-corrected chi connectivity index (χ3v) is 2.60. The van der Waals surface area contributed by atoms with E-state index in [0.29, 0.717) is 6.54 Å². The molecule has 1 aliphatic heterocycles. The molecule has 0 atom stereocenters. The average molecular weight is 206 g/mol. The van der Waals surface area contributed by atoms with Gasteiger partial charge in [0.2, 0.25) is 5.91 Å². The van der Waals surface area contributed by atoms with Gasteiger partial charge in [-0.3, -0.25) is 4.79 Å². The zero-order valence-corrected chi connectivity index (χ0v) is 8.66. The van der Waals surface area contributed by atoms with Crippen LogP contribution in [0.1, 0.15) is 12.5 Å². The van der Waals surface area contributed by atoms with Crippen LogP contribution in [0.4, 0.5) is 11.4 Å². The number of nitrogens with one attached hydrogen (secondary N) is 1. The summed E-state index contributed by atoms with van der Waals surface area (Å²) in [4.78, 5) is 13.4. The minimum atomic E-state index is -0.00442. The van der Waals surface area contributed by atoms with Crippen molar-refractivity contribution in [1.82, 2.24) is 0 Å². The number of benzene rings is 1. The van der Waals surface area contributed by atoms with E-state index in [-0.39, 0.29) is 12.5 Å². The van der Waals surface area contributed by atoms with E-state index < -0.39 is 0 Å². The highest BCUT2D eigenvalue weighted by Crippen LogP contribution is 2.32. The molecule has 1 aliphatic rings. The number of fused-ring (bicyclic) bond motifs is 1. The fraction of sp³-hybridized carbons (Fsp3) is 0.364. The monoisotopic (exact) mass is 206 g/mol. The third-order valence-electron chi connectivity index (χ3n) is 2.60. The van der Waals surface area contributed by atoms with Crippen molar-refractivity contribution in [3.8, 4) is 0 Å². The van der Waals surface area contributed by atoms with E-state index in [1.54, 1.807) is 0 Å². The first-order valence-electron chi connectivity index (χ1n) is 5.03. The molecule has 1 heterocycles. The van der Waals surface area contributed by atoms with Crippen molar-refractivity contribution < 1.29 is 9.90 Å². The molecule has 0 saturated carbocycles. The Bertz CT molecular complexity index is 390. The predicted octanol–water partition coefficient (Wildman–Crippen LogP) is 0.957. The molecule has 1 aromatic rings. The number of amides is 1. The molecule has 4 nitrogen and oxygen atoms in total. The molecule has 15 heavy (non-hydrogen) atoms. The van der Waals surface area contributed by atoms with Crippen LogP contribution in [0.15, 0.2) is 18.2 Å². The van der Waals surface area contributed by atoms with Gasteiger partial charge >= 0.3 is 0 Å². The molecule has 2 rings (SSSR count). The second-order valence-corrected chi connectivity index (χ2v) is 3.53. The highest BCUT2D eigenvalue weighted by Gasteiger charge is 2.22. The maximum absolute atomic E-state index is 11.4. The zero-order chi connectivity index (χ0) is 10.8. The number of rotatable bonds is 2. The van der Waals surface area contributed by atoms with E-state index in [9.17, 15) is 9.90 Å². The van der Waals surface area contributed by atoms with E-state index >= 15 is 0 Å². The lowest BCUT2D eigenvalue weighted by atomic mass is 10.1. The van der Waals surface area contributed by atoms with Gasteiger partial charge in [-0.2, -0.15) is 0 Å². The summed E-state index contributed by atoms with van der Waals surface area (Å²) < 4.78 is 0. The summed E-state index contributed by atoms with van der Waals surface area (Å²) in [7, 11) is 0. The molecular formula is C11H14N2O2. The summed E-state index contributed by atoms with van der Waals surface area (Å²) in [6.07, 6.45) is 0. The van der Waals surface area contributed by atoms with Gasteiger partial charge in [-0.25, -0.2) is 0 Å². The molecule has 0 aliphatic carbocycles. The highest BCUT2D eigenvalue weighted by molar-refractivity contribution is 6.01. The second kappa shape index (κ2) is 3.90. The number of hydrogen-bond donors (Lipinski definition) is 2. The summed E-state index contributed by atoms with van der Waals surface area (Å²) >= 11 is 0. The third kappa shape index (κ3) is 1.68. The van der Waals surface area contributed by atoms with Crippen molar-refractivity contribution in [1.29, 1.82) is 0 Å². The molecule has 0 unspecified atom stereocenters. The number of hydrogen-bond acceptors (Lipinski definition) is 3. The Morgan fingerprint density at radius 2 is 2.33 bits per heavy atom. The van der Waals surface area contributed by atoms with E-state index in [1.165, 1.54) is 0 Å². The Balaban J connectivity index is 2.51. The van der Waals surface area contributed by atoms with Crippen molar-refractivity contribution in [2.24, 2.45) is 0 Å². The Kier molecular flexibility index (Phi) is 2.60. The molecule has 80 valence electrons. The molecule has 0 aromatic heterocycles. The van der Waals surface area contributed by atoms with Crippen molar-refractivity contribution in [2.75, 3.05) is 23.3 Å². The number of aliphatic hydroxyl groups is 1. The molecular weight excluding hydrogens is 192 g/mol. The number of aliphatic hydroxyl groups excluding tert-OH is 1. The predicted molar refractivity (Wildman–Crippen MR) is 58.9 cm³/mol. The number of likely N-dealkylation sites (N-methyl/N-ethyl adjacent to an activating group) is 1. The van der Waals surface area contributed by atoms with Crippen LogP contribution < -0.4 is 10.2 Å². The summed E-state index contributed by atoms with van der Waals surface area (Å²) in [5, 5.41) is 12.0. The molecule has 0 saturated heterocycles. The molecule has 2 N–H and O–H groups in total. The Hall–Kier alpha value is -1.55. The van der Waals surface area contributed by atoms with Gasteiger partial charge in [0.05, 0.1) is 24.5 Å². The minimum absolute atomic E-state index is 0.000519. The maximum atomic E-state index is 11.4. The standard InChI is InChI=1S/C11H14N2O2/c1-2-13-6-10(15)12-9-5-3-4-8(7-14)11(9)13/h3-5,14H,2,6-7H2,1H3,(H,12,15). The van der Waals surface area contributed by atoms with Crippen LogP contribution in [0.25, 0.3) is 0 Å². The van der Waals surface area contributed by atoms with Gasteiger partial charge < -0.3 is 15.3 Å². The van der Waals surface area contributed by atoms with Gasteiger partial charge in [-0.15, -0.1) is 0 Å². The fourth-order valence-electron chi connectivity index (χ4n) is 1.91. The van der Waals surface area contributed by atoms with E-state index in [0.717, 1.165) is 23.5 Å². The largest absolute Gasteiger partial charge is 0.392 e. The SMILES string of the molecule is CCN1CC(=O)Nc2cccc(CO)c21. The number of nitrogens with zero attached hydrogens (tertiary/aromatic N) is 1. The summed E-state index contributed by atoms with van der Waals surface area (Å²) in [6.45, 7) is 3.12. The summed E-state index contributed by atoms with van der Waals surface area (Å²) in [6, 6.07) is 5.57. The zero-order valence-electron chi connectivity index (χ0n) is 8.66. The van der Waals surface area contributed by atoms with Crippen molar-refractivity contribution in [3.05, 3.63) is 23.8 Å². The fourth-order valence-corrected chi connectivity index (χ4v) is 1.91. The molecule has 0 spiro atoms. The number of para-hydroxylation sites is 1. The lowest BCUT2D eigenvalue weighted by Crippen LogP contribution is -2.38. The highest BCUT2D eigenvalue weighted by atomic mass is 16.3. The van der Waals surface area contributed by atoms with Crippen LogP contribution in [0.3, 0.4) is 0 Å². The van der Waals surface area contributed by atoms with Gasteiger partial charge in [-0.05, 0) is 13.0 Å². The van der Waals surface area contributed by atoms with Gasteiger partial charge in [0.1, 0.15) is 0 Å². The second-order valence-electron chi connectivity index (χ2n) is 3.53. The van der Waals surface area contributed by atoms with Gasteiger partial charge in [0.15, 0.2) is 0 Å². The number of anilines is 2. The van der Waals surface area contributed by atoms with Crippen LogP contribution in [0.5, 0.6) is 0 Å². The first-order chi connectivity index (χ1) is 7.26. The Labute approximate surface area is 88.5 Å². The van der Waals surface area contributed by atoms with Crippen LogP contribution in [0, 0.1) is 0 Å². The van der Waals surface area contributed by atoms with Gasteiger partial charge in [0.25, 0.3) is 0 Å². The Morgan fingerprint density at radius 1 is 1.53 bits per heavy atom. The summed E-state index contributed by atoms with van der Waals surface area (Å²) in [5.74, 6) is -0.000519. The number of carbonyl (C=O) groups is 1. The van der Waals surface area contributed by atoms with E-state index in [2.05, 4.69) is 5.32 Å². The molecule has 1 amide bonds. The lowest BCUT2D eigenvalue weighted by Gasteiger charge is -2.31. The lowest BCUT2D eigenvalue weighted by molar-refractivity contribution is -0.115. The molecule has 0 fully saturated rings. The van der Waals surface area contributed by atoms with Gasteiger partial charge in [0, 0.05) is 12.1 Å². The molecule has 4 heteroatoms. The molecule has 0 bridgehead atoms. The van der Waals surface area contributed by atoms with Crippen molar-refractivity contribution in [2.45, 2.75) is 13.5 Å². The average Bonchev–Trinajstić information content (AvgIpc) is 2.26. The van der Waals surface area contributed by atoms with Crippen LogP contribution >= 0.6 is 0 Å². The van der Waals surface area contributed by atoms with Gasteiger partial charge in [-0.1, -0.05) is 12.1 Å². The normalized spacial score (nSPS) is 14.8. The molecule has 1 aromatic carbocycles. The smallest absolute Gasteiger partial charge is 0.243 e. The van der Waals surface area contributed by atoms with E-state index in [1.807, 2.05) is 30.0 Å². The quantitative estimate of drug-likeness (QED) is 0.757. The molecule has 0 radical (unpaired) electrons. The number of carbonyl (C=O) groups excluding carboxylic acids is 1. The van der Waals surface area contributed by atoms with Crippen molar-refractivity contribution >= 4 is 17.3 Å².